The molecule has 1 aromatic rings. The van der Waals surface area contributed by atoms with E-state index in [0.29, 0.717) is 24.4 Å². The highest BCUT2D eigenvalue weighted by molar-refractivity contribution is 6.31. The molecule has 1 unspecified atom stereocenters. The van der Waals surface area contributed by atoms with Crippen LogP contribution in [0.4, 0.5) is 8.78 Å². The summed E-state index contributed by atoms with van der Waals surface area (Å²) in [6.07, 6.45) is 1.47. The van der Waals surface area contributed by atoms with Crippen LogP contribution in [0.2, 0.25) is 5.02 Å². The standard InChI is InChI=1S/C12H14ClF2N/c13-11-3-2-9(14)8-10(11)12(15)4-1-6-16-7-5-12/h2-3,8,16H,1,4-7H2. The number of alkyl halides is 1. The van der Waals surface area contributed by atoms with E-state index in [0.717, 1.165) is 13.0 Å². The summed E-state index contributed by atoms with van der Waals surface area (Å²) in [6.45, 7) is 1.40. The summed E-state index contributed by atoms with van der Waals surface area (Å²) in [6, 6.07) is 3.89. The average molecular weight is 246 g/mol. The molecule has 1 fully saturated rings. The van der Waals surface area contributed by atoms with Crippen molar-refractivity contribution in [2.45, 2.75) is 24.9 Å². The quantitative estimate of drug-likeness (QED) is 0.800. The summed E-state index contributed by atoms with van der Waals surface area (Å²) in [4.78, 5) is 0. The summed E-state index contributed by atoms with van der Waals surface area (Å²) in [5.41, 5.74) is -1.21. The van der Waals surface area contributed by atoms with E-state index in [-0.39, 0.29) is 5.56 Å². The maximum absolute atomic E-state index is 14.7. The van der Waals surface area contributed by atoms with Gasteiger partial charge < -0.3 is 5.32 Å². The Morgan fingerprint density at radius 3 is 2.88 bits per heavy atom. The molecule has 0 spiro atoms. The van der Waals surface area contributed by atoms with Crippen molar-refractivity contribution in [2.75, 3.05) is 13.1 Å². The van der Waals surface area contributed by atoms with Crippen molar-refractivity contribution < 1.29 is 8.78 Å². The molecule has 1 aliphatic heterocycles. The van der Waals surface area contributed by atoms with Gasteiger partial charge in [0.05, 0.1) is 0 Å². The number of hydrogen-bond acceptors (Lipinski definition) is 1. The van der Waals surface area contributed by atoms with Gasteiger partial charge in [-0.15, -0.1) is 0 Å². The van der Waals surface area contributed by atoms with Crippen molar-refractivity contribution in [3.63, 3.8) is 0 Å². The van der Waals surface area contributed by atoms with E-state index in [1.165, 1.54) is 18.2 Å². The van der Waals surface area contributed by atoms with Gasteiger partial charge in [0.2, 0.25) is 0 Å². The molecule has 1 heterocycles. The number of rotatable bonds is 1. The monoisotopic (exact) mass is 245 g/mol. The van der Waals surface area contributed by atoms with Gasteiger partial charge in [0.25, 0.3) is 0 Å². The molecule has 1 atom stereocenters. The lowest BCUT2D eigenvalue weighted by Crippen LogP contribution is -2.23. The molecule has 1 N–H and O–H groups in total. The van der Waals surface area contributed by atoms with Gasteiger partial charge in [0.15, 0.2) is 0 Å². The Balaban J connectivity index is 2.36. The fourth-order valence-electron chi connectivity index (χ4n) is 2.14. The molecule has 1 aromatic carbocycles. The van der Waals surface area contributed by atoms with Gasteiger partial charge in [-0.25, -0.2) is 8.78 Å². The molecule has 1 nitrogen and oxygen atoms in total. The first-order chi connectivity index (χ1) is 7.62. The lowest BCUT2D eigenvalue weighted by atomic mass is 9.88. The largest absolute Gasteiger partial charge is 0.317 e. The topological polar surface area (TPSA) is 12.0 Å². The van der Waals surface area contributed by atoms with E-state index >= 15 is 0 Å². The van der Waals surface area contributed by atoms with Crippen LogP contribution in [0.3, 0.4) is 0 Å². The molecule has 1 aliphatic rings. The lowest BCUT2D eigenvalue weighted by Gasteiger charge is -2.24. The predicted molar refractivity (Wildman–Crippen MR) is 60.9 cm³/mol. The van der Waals surface area contributed by atoms with E-state index < -0.39 is 11.5 Å². The minimum Gasteiger partial charge on any atom is -0.317 e. The van der Waals surface area contributed by atoms with Crippen molar-refractivity contribution in [3.05, 3.63) is 34.6 Å². The minimum atomic E-state index is -1.50. The van der Waals surface area contributed by atoms with Gasteiger partial charge in [0, 0.05) is 10.6 Å². The van der Waals surface area contributed by atoms with E-state index in [4.69, 9.17) is 11.6 Å². The molecule has 4 heteroatoms. The highest BCUT2D eigenvalue weighted by Gasteiger charge is 2.34. The van der Waals surface area contributed by atoms with E-state index in [1.807, 2.05) is 0 Å². The second-order valence-corrected chi connectivity index (χ2v) is 4.60. The fourth-order valence-corrected chi connectivity index (χ4v) is 2.43. The fraction of sp³-hybridized carbons (Fsp3) is 0.500. The number of halogens is 3. The maximum atomic E-state index is 14.7. The Bertz CT molecular complexity index is 373. The average Bonchev–Trinajstić information content (AvgIpc) is 2.48. The summed E-state index contributed by atoms with van der Waals surface area (Å²) >= 11 is 5.95. The van der Waals surface area contributed by atoms with Crippen LogP contribution in [0.1, 0.15) is 24.8 Å². The molecule has 2 rings (SSSR count). The molecular weight excluding hydrogens is 232 g/mol. The van der Waals surface area contributed by atoms with Gasteiger partial charge in [-0.2, -0.15) is 0 Å². The van der Waals surface area contributed by atoms with Crippen molar-refractivity contribution in [1.29, 1.82) is 0 Å². The Morgan fingerprint density at radius 1 is 1.25 bits per heavy atom. The molecule has 0 bridgehead atoms. The first kappa shape index (κ1) is 11.8. The second kappa shape index (κ2) is 4.68. The second-order valence-electron chi connectivity index (χ2n) is 4.19. The van der Waals surface area contributed by atoms with Gasteiger partial charge in [0.1, 0.15) is 11.5 Å². The van der Waals surface area contributed by atoms with Crippen molar-refractivity contribution in [3.8, 4) is 0 Å². The maximum Gasteiger partial charge on any atom is 0.138 e. The van der Waals surface area contributed by atoms with Crippen molar-refractivity contribution in [2.24, 2.45) is 0 Å². The molecule has 16 heavy (non-hydrogen) atoms. The Kier molecular flexibility index (Phi) is 3.45. The number of hydrogen-bond donors (Lipinski definition) is 1. The van der Waals surface area contributed by atoms with Crippen LogP contribution in [0, 0.1) is 5.82 Å². The summed E-state index contributed by atoms with van der Waals surface area (Å²) in [5.74, 6) is -0.436. The highest BCUT2D eigenvalue weighted by Crippen LogP contribution is 2.39. The number of benzene rings is 1. The summed E-state index contributed by atoms with van der Waals surface area (Å²) in [5, 5.41) is 3.44. The Hall–Kier alpha value is -0.670. The Labute approximate surface area is 98.8 Å². The molecule has 0 saturated carbocycles. The summed E-state index contributed by atoms with van der Waals surface area (Å²) in [7, 11) is 0. The smallest absolute Gasteiger partial charge is 0.138 e. The number of nitrogens with one attached hydrogen (secondary N) is 1. The van der Waals surface area contributed by atoms with Crippen LogP contribution in [-0.4, -0.2) is 13.1 Å². The van der Waals surface area contributed by atoms with Crippen LogP contribution in [-0.2, 0) is 5.67 Å². The van der Waals surface area contributed by atoms with Crippen LogP contribution >= 0.6 is 11.6 Å². The molecule has 0 amide bonds. The van der Waals surface area contributed by atoms with Crippen LogP contribution in [0.5, 0.6) is 0 Å². The Morgan fingerprint density at radius 2 is 2.06 bits per heavy atom. The molecule has 1 saturated heterocycles. The van der Waals surface area contributed by atoms with Crippen molar-refractivity contribution in [1.82, 2.24) is 5.32 Å². The van der Waals surface area contributed by atoms with Crippen LogP contribution < -0.4 is 5.32 Å². The SMILES string of the molecule is Fc1ccc(Cl)c(C2(F)CCCNCC2)c1. The van der Waals surface area contributed by atoms with Crippen LogP contribution in [0.25, 0.3) is 0 Å². The first-order valence-corrected chi connectivity index (χ1v) is 5.85. The molecule has 0 aliphatic carbocycles. The molecule has 0 radical (unpaired) electrons. The minimum absolute atomic E-state index is 0.290. The third kappa shape index (κ3) is 2.36. The third-order valence-electron chi connectivity index (χ3n) is 3.04. The normalized spacial score (nSPS) is 26.4. The lowest BCUT2D eigenvalue weighted by molar-refractivity contribution is 0.144. The van der Waals surface area contributed by atoms with Gasteiger partial charge in [-0.1, -0.05) is 11.6 Å². The van der Waals surface area contributed by atoms with Gasteiger partial charge >= 0.3 is 0 Å². The van der Waals surface area contributed by atoms with Gasteiger partial charge in [-0.3, -0.25) is 0 Å². The zero-order valence-electron chi connectivity index (χ0n) is 8.90. The predicted octanol–water partition coefficient (Wildman–Crippen LogP) is 3.42. The first-order valence-electron chi connectivity index (χ1n) is 5.47. The summed E-state index contributed by atoms with van der Waals surface area (Å²) < 4.78 is 27.8. The van der Waals surface area contributed by atoms with E-state index in [2.05, 4.69) is 5.32 Å². The van der Waals surface area contributed by atoms with E-state index in [9.17, 15) is 8.78 Å². The zero-order valence-corrected chi connectivity index (χ0v) is 9.66. The van der Waals surface area contributed by atoms with Crippen LogP contribution in [0.15, 0.2) is 18.2 Å². The highest BCUT2D eigenvalue weighted by atomic mass is 35.5. The van der Waals surface area contributed by atoms with Crippen molar-refractivity contribution >= 4 is 11.6 Å². The molecule has 88 valence electrons. The molecule has 0 aromatic heterocycles. The third-order valence-corrected chi connectivity index (χ3v) is 3.37. The zero-order chi connectivity index (χ0) is 11.6. The molecular formula is C12H14ClF2N. The van der Waals surface area contributed by atoms with E-state index in [1.54, 1.807) is 0 Å². The van der Waals surface area contributed by atoms with Gasteiger partial charge in [-0.05, 0) is 50.6 Å².